The van der Waals surface area contributed by atoms with E-state index >= 15 is 0 Å². The minimum atomic E-state index is 0.726. The molecule has 0 saturated carbocycles. The summed E-state index contributed by atoms with van der Waals surface area (Å²) < 4.78 is 0. The van der Waals surface area contributed by atoms with Gasteiger partial charge in [0, 0.05) is 12.4 Å². The summed E-state index contributed by atoms with van der Waals surface area (Å²) in [7, 11) is 0. The summed E-state index contributed by atoms with van der Waals surface area (Å²) in [5, 5.41) is 13.3. The van der Waals surface area contributed by atoms with E-state index in [-0.39, 0.29) is 0 Å². The molecule has 0 amide bonds. The highest BCUT2D eigenvalue weighted by Gasteiger charge is 2.14. The third kappa shape index (κ3) is 2.25. The van der Waals surface area contributed by atoms with Crippen molar-refractivity contribution in [1.82, 2.24) is 40.2 Å². The number of H-pyrrole nitrogens is 2. The highest BCUT2D eigenvalue weighted by molar-refractivity contribution is 4.95. The van der Waals surface area contributed by atoms with Crippen molar-refractivity contribution < 1.29 is 0 Å². The summed E-state index contributed by atoms with van der Waals surface area (Å²) in [5.74, 6) is 1.72. The Balaban J connectivity index is 1.54. The van der Waals surface area contributed by atoms with Gasteiger partial charge in [-0.25, -0.2) is 9.97 Å². The van der Waals surface area contributed by atoms with Gasteiger partial charge in [-0.2, -0.15) is 10.2 Å². The molecule has 0 radical (unpaired) electrons. The van der Waals surface area contributed by atoms with Crippen molar-refractivity contribution in [3.63, 3.8) is 0 Å². The van der Waals surface area contributed by atoms with Gasteiger partial charge in [0.1, 0.15) is 24.3 Å². The van der Waals surface area contributed by atoms with E-state index in [1.807, 2.05) is 12.4 Å². The molecule has 8 nitrogen and oxygen atoms in total. The van der Waals surface area contributed by atoms with E-state index in [1.165, 1.54) is 12.7 Å². The molecule has 3 rings (SSSR count). The maximum absolute atomic E-state index is 4.09. The second-order valence-electron chi connectivity index (χ2n) is 3.80. The van der Waals surface area contributed by atoms with Gasteiger partial charge in [0.15, 0.2) is 0 Å². The lowest BCUT2D eigenvalue weighted by Crippen LogP contribution is -2.25. The molecule has 0 saturated heterocycles. The van der Waals surface area contributed by atoms with Crippen LogP contribution in [-0.2, 0) is 13.1 Å². The van der Waals surface area contributed by atoms with Gasteiger partial charge in [0.25, 0.3) is 0 Å². The van der Waals surface area contributed by atoms with Crippen molar-refractivity contribution in [1.29, 1.82) is 0 Å². The molecular weight excluding hydrogens is 220 g/mol. The molecule has 88 valence electrons. The molecule has 0 aliphatic carbocycles. The predicted molar refractivity (Wildman–Crippen MR) is 57.9 cm³/mol. The summed E-state index contributed by atoms with van der Waals surface area (Å²) in [6.07, 6.45) is 7.08. The average molecular weight is 232 g/mol. The molecular formula is C9H12N8. The Hall–Kier alpha value is -2.38. The van der Waals surface area contributed by atoms with Crippen molar-refractivity contribution in [2.45, 2.75) is 13.1 Å². The number of rotatable bonds is 4. The molecule has 2 N–H and O–H groups in total. The fraction of sp³-hybridized carbons (Fsp3) is 0.333. The largest absolute Gasteiger partial charge is 0.351 e. The van der Waals surface area contributed by atoms with Gasteiger partial charge in [-0.15, -0.1) is 0 Å². The zero-order chi connectivity index (χ0) is 11.5. The van der Waals surface area contributed by atoms with Crippen LogP contribution in [0.25, 0.3) is 0 Å². The van der Waals surface area contributed by atoms with Crippen LogP contribution in [0.15, 0.2) is 25.1 Å². The fourth-order valence-electron chi connectivity index (χ4n) is 1.72. The second kappa shape index (κ2) is 4.24. The summed E-state index contributed by atoms with van der Waals surface area (Å²) in [4.78, 5) is 12.5. The lowest BCUT2D eigenvalue weighted by Gasteiger charge is -2.19. The Morgan fingerprint density at radius 3 is 1.88 bits per heavy atom. The number of nitrogens with zero attached hydrogens (tertiary/aromatic N) is 6. The zero-order valence-corrected chi connectivity index (χ0v) is 9.11. The van der Waals surface area contributed by atoms with E-state index in [0.29, 0.717) is 0 Å². The molecule has 2 aromatic heterocycles. The van der Waals surface area contributed by atoms with Crippen LogP contribution in [0.4, 0.5) is 0 Å². The first-order valence-corrected chi connectivity index (χ1v) is 5.25. The lowest BCUT2D eigenvalue weighted by atomic mass is 10.5. The van der Waals surface area contributed by atoms with Crippen LogP contribution < -0.4 is 0 Å². The van der Waals surface area contributed by atoms with E-state index in [1.54, 1.807) is 0 Å². The summed E-state index contributed by atoms with van der Waals surface area (Å²) in [5.41, 5.74) is 0. The van der Waals surface area contributed by atoms with Crippen LogP contribution in [0.5, 0.6) is 0 Å². The van der Waals surface area contributed by atoms with E-state index in [4.69, 9.17) is 0 Å². The molecule has 0 aromatic carbocycles. The molecule has 1 aliphatic rings. The van der Waals surface area contributed by atoms with E-state index in [9.17, 15) is 0 Å². The van der Waals surface area contributed by atoms with Crippen molar-refractivity contribution in [3.05, 3.63) is 36.7 Å². The first-order chi connectivity index (χ1) is 8.40. The summed E-state index contributed by atoms with van der Waals surface area (Å²) in [6, 6.07) is 0. The summed E-state index contributed by atoms with van der Waals surface area (Å²) >= 11 is 0. The minimum absolute atomic E-state index is 0.726. The Morgan fingerprint density at radius 2 is 1.47 bits per heavy atom. The molecule has 8 heteroatoms. The quantitative estimate of drug-likeness (QED) is 0.750. The predicted octanol–water partition coefficient (Wildman–Crippen LogP) is -0.331. The number of hydrogen-bond donors (Lipinski definition) is 2. The second-order valence-corrected chi connectivity index (χ2v) is 3.80. The molecule has 0 unspecified atom stereocenters. The van der Waals surface area contributed by atoms with Gasteiger partial charge in [0.05, 0.1) is 19.8 Å². The van der Waals surface area contributed by atoms with Crippen LogP contribution in [0.1, 0.15) is 11.6 Å². The van der Waals surface area contributed by atoms with E-state index in [0.717, 1.165) is 31.4 Å². The number of nitrogens with one attached hydrogen (secondary N) is 2. The Labute approximate surface area is 97.4 Å². The van der Waals surface area contributed by atoms with E-state index in [2.05, 4.69) is 40.2 Å². The SMILES string of the molecule is C1=CN(Cc2ncn[nH]2)CN1Cc1ncn[nH]1. The monoisotopic (exact) mass is 232 g/mol. The molecule has 1 aliphatic heterocycles. The van der Waals surface area contributed by atoms with Crippen LogP contribution in [0, 0.1) is 0 Å². The average Bonchev–Trinajstić information content (AvgIpc) is 3.02. The van der Waals surface area contributed by atoms with Crippen LogP contribution in [-0.4, -0.2) is 46.8 Å². The van der Waals surface area contributed by atoms with Gasteiger partial charge in [-0.3, -0.25) is 10.2 Å². The first-order valence-electron chi connectivity index (χ1n) is 5.25. The third-order valence-corrected chi connectivity index (χ3v) is 2.49. The van der Waals surface area contributed by atoms with Crippen molar-refractivity contribution >= 4 is 0 Å². The van der Waals surface area contributed by atoms with Gasteiger partial charge >= 0.3 is 0 Å². The number of hydrogen-bond acceptors (Lipinski definition) is 6. The Bertz CT molecular complexity index is 429. The molecule has 0 bridgehead atoms. The van der Waals surface area contributed by atoms with Crippen LogP contribution in [0.2, 0.25) is 0 Å². The van der Waals surface area contributed by atoms with Gasteiger partial charge in [-0.05, 0) is 0 Å². The Morgan fingerprint density at radius 1 is 0.941 bits per heavy atom. The smallest absolute Gasteiger partial charge is 0.143 e. The molecule has 0 fully saturated rings. The number of aromatic amines is 2. The molecule has 2 aromatic rings. The van der Waals surface area contributed by atoms with Crippen molar-refractivity contribution in [3.8, 4) is 0 Å². The van der Waals surface area contributed by atoms with Gasteiger partial charge < -0.3 is 9.80 Å². The maximum atomic E-state index is 4.09. The Kier molecular flexibility index (Phi) is 2.45. The van der Waals surface area contributed by atoms with Crippen molar-refractivity contribution in [2.75, 3.05) is 6.67 Å². The standard InChI is InChI=1S/C9H12N8/c1-2-17(4-9-11-6-13-15-9)7-16(1)3-8-10-5-12-14-8/h1-2,5-6H,3-4,7H2,(H,10,12,14)(H,11,13,15). The highest BCUT2D eigenvalue weighted by Crippen LogP contribution is 2.11. The highest BCUT2D eigenvalue weighted by atomic mass is 15.4. The maximum Gasteiger partial charge on any atom is 0.143 e. The molecule has 0 spiro atoms. The van der Waals surface area contributed by atoms with Crippen LogP contribution >= 0.6 is 0 Å². The summed E-state index contributed by atoms with van der Waals surface area (Å²) in [6.45, 7) is 2.26. The molecule has 0 atom stereocenters. The third-order valence-electron chi connectivity index (χ3n) is 2.49. The molecule has 17 heavy (non-hydrogen) atoms. The van der Waals surface area contributed by atoms with Gasteiger partial charge in [0.2, 0.25) is 0 Å². The first kappa shape index (κ1) is 9.82. The van der Waals surface area contributed by atoms with Crippen LogP contribution in [0.3, 0.4) is 0 Å². The fourth-order valence-corrected chi connectivity index (χ4v) is 1.72. The van der Waals surface area contributed by atoms with E-state index < -0.39 is 0 Å². The molecule has 3 heterocycles. The van der Waals surface area contributed by atoms with Crippen molar-refractivity contribution in [2.24, 2.45) is 0 Å². The topological polar surface area (TPSA) is 89.6 Å². The minimum Gasteiger partial charge on any atom is -0.351 e. The van der Waals surface area contributed by atoms with Gasteiger partial charge in [-0.1, -0.05) is 0 Å². The normalized spacial score (nSPS) is 14.8. The zero-order valence-electron chi connectivity index (χ0n) is 9.11. The lowest BCUT2D eigenvalue weighted by molar-refractivity contribution is 0.247. The number of aromatic nitrogens is 6.